The molecule has 0 saturated heterocycles. The number of rotatable bonds is 10. The summed E-state index contributed by atoms with van der Waals surface area (Å²) in [6.07, 6.45) is 7.20. The maximum Gasteiger partial charge on any atom is 0.395 e. The lowest BCUT2D eigenvalue weighted by atomic mass is 9.96. The van der Waals surface area contributed by atoms with Crippen LogP contribution >= 0.6 is 0 Å². The van der Waals surface area contributed by atoms with Gasteiger partial charge in [-0.2, -0.15) is 13.2 Å². The van der Waals surface area contributed by atoms with Crippen LogP contribution in [0, 0.1) is 11.8 Å². The molecule has 3 aliphatic rings. The molecule has 1 amide bonds. The number of allylic oxidation sites excluding steroid dienone is 3. The van der Waals surface area contributed by atoms with Crippen molar-refractivity contribution in [1.29, 1.82) is 0 Å². The Labute approximate surface area is 179 Å². The summed E-state index contributed by atoms with van der Waals surface area (Å²) < 4.78 is 52.8. The fraction of sp³-hybridized carbons (Fsp3) is 0.545. The second kappa shape index (κ2) is 10.3. The van der Waals surface area contributed by atoms with Gasteiger partial charge in [0.2, 0.25) is 5.91 Å². The van der Waals surface area contributed by atoms with Crippen LogP contribution in [0.1, 0.15) is 25.7 Å². The van der Waals surface area contributed by atoms with Crippen LogP contribution in [0.4, 0.5) is 17.6 Å². The number of hydrogen-bond acceptors (Lipinski definition) is 4. The van der Waals surface area contributed by atoms with Crippen LogP contribution in [-0.2, 0) is 4.79 Å². The van der Waals surface area contributed by atoms with Gasteiger partial charge in [-0.05, 0) is 30.9 Å². The van der Waals surface area contributed by atoms with Crippen LogP contribution in [0.15, 0.2) is 53.0 Å². The number of primary amides is 1. The highest BCUT2D eigenvalue weighted by Crippen LogP contribution is 2.34. The third-order valence-corrected chi connectivity index (χ3v) is 5.43. The van der Waals surface area contributed by atoms with E-state index >= 15 is 0 Å². The molecular formula is C22H28F4N4O. The van der Waals surface area contributed by atoms with Crippen LogP contribution in [-0.4, -0.2) is 54.9 Å². The van der Waals surface area contributed by atoms with Gasteiger partial charge in [0, 0.05) is 50.1 Å². The molecule has 170 valence electrons. The van der Waals surface area contributed by atoms with Gasteiger partial charge in [-0.3, -0.25) is 9.79 Å². The largest absolute Gasteiger partial charge is 0.395 e. The van der Waals surface area contributed by atoms with Crippen molar-refractivity contribution < 1.29 is 22.4 Å². The number of amides is 1. The molecule has 1 aliphatic heterocycles. The van der Waals surface area contributed by atoms with Gasteiger partial charge in [0.15, 0.2) is 0 Å². The number of dihydropyridines is 1. The summed E-state index contributed by atoms with van der Waals surface area (Å²) in [5.74, 6) is -2.07. The van der Waals surface area contributed by atoms with E-state index in [2.05, 4.69) is 10.3 Å². The Kier molecular flexibility index (Phi) is 7.69. The predicted molar refractivity (Wildman–Crippen MR) is 112 cm³/mol. The van der Waals surface area contributed by atoms with Crippen molar-refractivity contribution in [2.75, 3.05) is 26.2 Å². The van der Waals surface area contributed by atoms with Crippen molar-refractivity contribution in [3.8, 4) is 0 Å². The van der Waals surface area contributed by atoms with Crippen LogP contribution in [0.2, 0.25) is 0 Å². The number of nitrogens with one attached hydrogen (secondary N) is 1. The summed E-state index contributed by atoms with van der Waals surface area (Å²) in [7, 11) is 0. The fourth-order valence-electron chi connectivity index (χ4n) is 3.55. The maximum atomic E-state index is 14.4. The van der Waals surface area contributed by atoms with Crippen LogP contribution in [0.5, 0.6) is 0 Å². The third kappa shape index (κ3) is 7.65. The molecule has 3 rings (SSSR count). The Bertz CT molecular complexity index is 809. The van der Waals surface area contributed by atoms with Gasteiger partial charge < -0.3 is 16.0 Å². The minimum absolute atomic E-state index is 0.0659. The second-order valence-electron chi connectivity index (χ2n) is 8.23. The van der Waals surface area contributed by atoms with Crippen molar-refractivity contribution in [3.63, 3.8) is 0 Å². The number of nitrogens with two attached hydrogens (primary N) is 1. The topological polar surface area (TPSA) is 70.7 Å². The molecule has 0 aromatic heterocycles. The lowest BCUT2D eigenvalue weighted by Gasteiger charge is -2.24. The minimum atomic E-state index is -4.23. The molecule has 2 unspecified atom stereocenters. The second-order valence-corrected chi connectivity index (χ2v) is 8.23. The fourth-order valence-corrected chi connectivity index (χ4v) is 3.55. The molecule has 0 radical (unpaired) electrons. The first-order chi connectivity index (χ1) is 14.7. The SMILES string of the molecule is NC(=O)CC1=NCC(CNC/C(F)=C/N(CC2=CCC(C(F)(F)F)C=C2)C2CC2)C=C1. The molecule has 2 aliphatic carbocycles. The zero-order chi connectivity index (χ0) is 22.4. The third-order valence-electron chi connectivity index (χ3n) is 5.43. The van der Waals surface area contributed by atoms with Gasteiger partial charge in [-0.1, -0.05) is 24.3 Å². The molecule has 1 heterocycles. The highest BCUT2D eigenvalue weighted by atomic mass is 19.4. The normalized spacial score (nSPS) is 24.1. The number of hydrogen-bond donors (Lipinski definition) is 2. The highest BCUT2D eigenvalue weighted by Gasteiger charge is 2.38. The van der Waals surface area contributed by atoms with Crippen LogP contribution < -0.4 is 11.1 Å². The van der Waals surface area contributed by atoms with Crippen molar-refractivity contribution in [2.24, 2.45) is 22.6 Å². The van der Waals surface area contributed by atoms with Crippen molar-refractivity contribution >= 4 is 11.6 Å². The van der Waals surface area contributed by atoms with Crippen molar-refractivity contribution in [3.05, 3.63) is 48.0 Å². The zero-order valence-electron chi connectivity index (χ0n) is 17.2. The Hall–Kier alpha value is -2.42. The molecule has 1 saturated carbocycles. The van der Waals surface area contributed by atoms with Gasteiger partial charge in [0.1, 0.15) is 5.83 Å². The predicted octanol–water partition coefficient (Wildman–Crippen LogP) is 3.42. The van der Waals surface area contributed by atoms with E-state index < -0.39 is 18.0 Å². The standard InChI is InChI=1S/C22H28F4N4O/c23-18(12-28-10-16-3-6-19(29-11-16)9-21(27)31)14-30(20-7-8-20)13-15-1-4-17(5-2-15)22(24,25)26/h1-4,6,14,16-17,20,28H,5,7-13H2,(H2,27,31)/b18-14-. The van der Waals surface area contributed by atoms with Crippen molar-refractivity contribution in [2.45, 2.75) is 37.9 Å². The number of nitrogens with zero attached hydrogens (tertiary/aromatic N) is 2. The van der Waals surface area contributed by atoms with Crippen LogP contribution in [0.25, 0.3) is 0 Å². The Morgan fingerprint density at radius 2 is 2.06 bits per heavy atom. The van der Waals surface area contributed by atoms with E-state index in [1.807, 2.05) is 11.0 Å². The lowest BCUT2D eigenvalue weighted by Crippen LogP contribution is -2.29. The Morgan fingerprint density at radius 1 is 1.29 bits per heavy atom. The first-order valence-corrected chi connectivity index (χ1v) is 10.5. The van der Waals surface area contributed by atoms with E-state index in [1.54, 1.807) is 12.2 Å². The maximum absolute atomic E-state index is 14.4. The van der Waals surface area contributed by atoms with Gasteiger partial charge in [0.25, 0.3) is 0 Å². The summed E-state index contributed by atoms with van der Waals surface area (Å²) >= 11 is 0. The molecule has 5 nitrogen and oxygen atoms in total. The van der Waals surface area contributed by atoms with Crippen molar-refractivity contribution in [1.82, 2.24) is 10.2 Å². The van der Waals surface area contributed by atoms with Gasteiger partial charge >= 0.3 is 6.18 Å². The van der Waals surface area contributed by atoms with E-state index in [4.69, 9.17) is 5.73 Å². The highest BCUT2D eigenvalue weighted by molar-refractivity contribution is 6.06. The molecule has 1 fully saturated rings. The molecule has 0 bridgehead atoms. The number of carbonyl (C=O) groups is 1. The molecular weight excluding hydrogens is 412 g/mol. The van der Waals surface area contributed by atoms with E-state index in [0.717, 1.165) is 18.4 Å². The Balaban J connectivity index is 1.44. The first-order valence-electron chi connectivity index (χ1n) is 10.5. The average Bonchev–Trinajstić information content (AvgIpc) is 3.53. The quantitative estimate of drug-likeness (QED) is 0.512. The zero-order valence-corrected chi connectivity index (χ0v) is 17.2. The molecule has 0 spiro atoms. The number of halogens is 4. The lowest BCUT2D eigenvalue weighted by molar-refractivity contribution is -0.160. The molecule has 2 atom stereocenters. The number of alkyl halides is 3. The molecule has 0 aromatic rings. The molecule has 3 N–H and O–H groups in total. The van der Waals surface area contributed by atoms with E-state index in [0.29, 0.717) is 25.3 Å². The minimum Gasteiger partial charge on any atom is -0.369 e. The summed E-state index contributed by atoms with van der Waals surface area (Å²) in [4.78, 5) is 17.1. The summed E-state index contributed by atoms with van der Waals surface area (Å²) in [6, 6.07) is 0.236. The average molecular weight is 440 g/mol. The van der Waals surface area contributed by atoms with Gasteiger partial charge in [0.05, 0.1) is 12.3 Å². The van der Waals surface area contributed by atoms with Gasteiger partial charge in [-0.15, -0.1) is 0 Å². The van der Waals surface area contributed by atoms with E-state index in [1.165, 1.54) is 18.4 Å². The van der Waals surface area contributed by atoms with E-state index in [9.17, 15) is 22.4 Å². The summed E-state index contributed by atoms with van der Waals surface area (Å²) in [5, 5.41) is 3.07. The smallest absolute Gasteiger partial charge is 0.369 e. The summed E-state index contributed by atoms with van der Waals surface area (Å²) in [6.45, 7) is 1.53. The Morgan fingerprint density at radius 3 is 2.61 bits per heavy atom. The molecule has 31 heavy (non-hydrogen) atoms. The first kappa shape index (κ1) is 23.2. The molecule has 9 heteroatoms. The van der Waals surface area contributed by atoms with Gasteiger partial charge in [-0.25, -0.2) is 4.39 Å². The monoisotopic (exact) mass is 440 g/mol. The molecule has 0 aromatic carbocycles. The summed E-state index contributed by atoms with van der Waals surface area (Å²) in [5.41, 5.74) is 6.58. The number of aliphatic imine (C=N–C) groups is 1. The van der Waals surface area contributed by atoms with E-state index in [-0.39, 0.29) is 37.2 Å². The number of carbonyl (C=O) groups excluding carboxylic acids is 1. The van der Waals surface area contributed by atoms with Crippen LogP contribution in [0.3, 0.4) is 0 Å².